The number of methoxy groups -OCH3 is 1. The number of carbonyl (C=O) groups is 1. The van der Waals surface area contributed by atoms with Crippen LogP contribution < -0.4 is 14.8 Å². The first kappa shape index (κ1) is 21.2. The number of carbonyl (C=O) groups excluding carboxylic acids is 1. The van der Waals surface area contributed by atoms with E-state index in [4.69, 9.17) is 9.47 Å². The molecule has 3 aromatic carbocycles. The normalized spacial score (nSPS) is 11.4. The Morgan fingerprint density at radius 3 is 2.27 bits per heavy atom. The predicted octanol–water partition coefficient (Wildman–Crippen LogP) is 5.97. The summed E-state index contributed by atoms with van der Waals surface area (Å²) in [6.45, 7) is 4.64. The van der Waals surface area contributed by atoms with Crippen molar-refractivity contribution in [2.75, 3.05) is 19.0 Å². The highest BCUT2D eigenvalue weighted by molar-refractivity contribution is 5.91. The molecule has 0 saturated carbocycles. The van der Waals surface area contributed by atoms with Gasteiger partial charge in [-0.25, -0.2) is 4.79 Å². The molecule has 0 bridgehead atoms. The molecule has 1 N–H and O–H groups in total. The number of hydrogen-bond acceptors (Lipinski definition) is 3. The fourth-order valence-corrected chi connectivity index (χ4v) is 3.33. The molecule has 30 heavy (non-hydrogen) atoms. The van der Waals surface area contributed by atoms with Gasteiger partial charge in [-0.15, -0.1) is 0 Å². The predicted molar refractivity (Wildman–Crippen MR) is 121 cm³/mol. The third-order valence-corrected chi connectivity index (χ3v) is 4.92. The summed E-state index contributed by atoms with van der Waals surface area (Å²) in [4.78, 5) is 14.8. The van der Waals surface area contributed by atoms with Gasteiger partial charge in [0.2, 0.25) is 0 Å². The third kappa shape index (κ3) is 5.54. The van der Waals surface area contributed by atoms with Gasteiger partial charge in [0, 0.05) is 12.6 Å². The monoisotopic (exact) mass is 404 g/mol. The van der Waals surface area contributed by atoms with E-state index in [9.17, 15) is 4.79 Å². The van der Waals surface area contributed by atoms with Crippen LogP contribution in [0.2, 0.25) is 0 Å². The molecular formula is C25H28N2O3. The lowest BCUT2D eigenvalue weighted by Crippen LogP contribution is -2.42. The van der Waals surface area contributed by atoms with Gasteiger partial charge in [-0.3, -0.25) is 0 Å². The zero-order valence-corrected chi connectivity index (χ0v) is 17.7. The number of likely N-dealkylation sites (N-methyl/N-ethyl adjacent to an activating group) is 1. The number of para-hydroxylation sites is 3. The standard InChI is InChI=1S/C25H28N2O3/c1-4-27(19(2)18-20-14-16-21(29-3)17-15-20)25(28)26-23-12-8-9-13-24(23)30-22-10-6-5-7-11-22/h5-17,19H,4,18H2,1-3H3,(H,26,28). The van der Waals surface area contributed by atoms with Crippen LogP contribution in [-0.4, -0.2) is 30.6 Å². The maximum Gasteiger partial charge on any atom is 0.322 e. The Morgan fingerprint density at radius 2 is 1.60 bits per heavy atom. The molecule has 5 heteroatoms. The molecule has 0 aromatic heterocycles. The van der Waals surface area contributed by atoms with Crippen LogP contribution in [0.3, 0.4) is 0 Å². The van der Waals surface area contributed by atoms with Crippen LogP contribution in [0.5, 0.6) is 17.2 Å². The molecule has 0 radical (unpaired) electrons. The molecule has 1 unspecified atom stereocenters. The van der Waals surface area contributed by atoms with E-state index >= 15 is 0 Å². The van der Waals surface area contributed by atoms with Crippen LogP contribution in [0.15, 0.2) is 78.9 Å². The molecule has 5 nitrogen and oxygen atoms in total. The molecule has 0 aliphatic rings. The van der Waals surface area contributed by atoms with Gasteiger partial charge in [0.05, 0.1) is 12.8 Å². The van der Waals surface area contributed by atoms with E-state index < -0.39 is 0 Å². The second-order valence-electron chi connectivity index (χ2n) is 7.03. The first-order valence-corrected chi connectivity index (χ1v) is 10.1. The number of hydrogen-bond donors (Lipinski definition) is 1. The fourth-order valence-electron chi connectivity index (χ4n) is 3.33. The quantitative estimate of drug-likeness (QED) is 0.503. The highest BCUT2D eigenvalue weighted by atomic mass is 16.5. The zero-order valence-electron chi connectivity index (χ0n) is 17.7. The largest absolute Gasteiger partial charge is 0.497 e. The van der Waals surface area contributed by atoms with Gasteiger partial charge in [-0.2, -0.15) is 0 Å². The summed E-state index contributed by atoms with van der Waals surface area (Å²) in [5.74, 6) is 2.15. The molecule has 3 aromatic rings. The first-order chi connectivity index (χ1) is 14.6. The second kappa shape index (κ2) is 10.3. The molecule has 1 atom stereocenters. The molecule has 3 rings (SSSR count). The van der Waals surface area contributed by atoms with Crippen molar-refractivity contribution in [3.63, 3.8) is 0 Å². The third-order valence-electron chi connectivity index (χ3n) is 4.92. The number of benzene rings is 3. The van der Waals surface area contributed by atoms with Crippen LogP contribution in [0, 0.1) is 0 Å². The van der Waals surface area contributed by atoms with E-state index in [1.807, 2.05) is 90.7 Å². The number of urea groups is 1. The van der Waals surface area contributed by atoms with Gasteiger partial charge in [0.15, 0.2) is 5.75 Å². The van der Waals surface area contributed by atoms with Crippen molar-refractivity contribution in [1.82, 2.24) is 4.90 Å². The molecule has 0 aliphatic carbocycles. The highest BCUT2D eigenvalue weighted by Gasteiger charge is 2.20. The van der Waals surface area contributed by atoms with E-state index in [2.05, 4.69) is 12.2 Å². The minimum Gasteiger partial charge on any atom is -0.497 e. The smallest absolute Gasteiger partial charge is 0.322 e. The van der Waals surface area contributed by atoms with Gasteiger partial charge in [-0.1, -0.05) is 42.5 Å². The number of ether oxygens (including phenoxy) is 2. The minimum absolute atomic E-state index is 0.0330. The lowest BCUT2D eigenvalue weighted by molar-refractivity contribution is 0.196. The lowest BCUT2D eigenvalue weighted by Gasteiger charge is -2.28. The van der Waals surface area contributed by atoms with Crippen LogP contribution in [0.25, 0.3) is 0 Å². The van der Waals surface area contributed by atoms with E-state index in [0.29, 0.717) is 18.0 Å². The Bertz CT molecular complexity index is 942. The maximum absolute atomic E-state index is 13.0. The van der Waals surface area contributed by atoms with E-state index in [-0.39, 0.29) is 12.1 Å². The molecule has 156 valence electrons. The highest BCUT2D eigenvalue weighted by Crippen LogP contribution is 2.29. The Kier molecular flexibility index (Phi) is 7.33. The van der Waals surface area contributed by atoms with E-state index in [1.165, 1.54) is 0 Å². The van der Waals surface area contributed by atoms with Crippen molar-refractivity contribution in [1.29, 1.82) is 0 Å². The molecule has 0 spiro atoms. The van der Waals surface area contributed by atoms with Gasteiger partial charge in [0.25, 0.3) is 0 Å². The summed E-state index contributed by atoms with van der Waals surface area (Å²) in [5.41, 5.74) is 1.80. The molecule has 0 saturated heterocycles. The lowest BCUT2D eigenvalue weighted by atomic mass is 10.1. The van der Waals surface area contributed by atoms with Crippen molar-refractivity contribution in [2.24, 2.45) is 0 Å². The number of nitrogens with zero attached hydrogens (tertiary/aromatic N) is 1. The fraction of sp³-hybridized carbons (Fsp3) is 0.240. The Labute approximate surface area is 178 Å². The van der Waals surface area contributed by atoms with Gasteiger partial charge >= 0.3 is 6.03 Å². The van der Waals surface area contributed by atoms with Crippen molar-refractivity contribution < 1.29 is 14.3 Å². The van der Waals surface area contributed by atoms with Crippen LogP contribution in [-0.2, 0) is 6.42 Å². The molecular weight excluding hydrogens is 376 g/mol. The molecule has 0 aliphatic heterocycles. The maximum atomic E-state index is 13.0. The SMILES string of the molecule is CCN(C(=O)Nc1ccccc1Oc1ccccc1)C(C)Cc1ccc(OC)cc1. The average molecular weight is 405 g/mol. The Hall–Kier alpha value is -3.47. The number of anilines is 1. The Balaban J connectivity index is 1.68. The van der Waals surface area contributed by atoms with Gasteiger partial charge in [-0.05, 0) is 62.2 Å². The topological polar surface area (TPSA) is 50.8 Å². The van der Waals surface area contributed by atoms with Crippen LogP contribution in [0.4, 0.5) is 10.5 Å². The first-order valence-electron chi connectivity index (χ1n) is 10.1. The summed E-state index contributed by atoms with van der Waals surface area (Å²) in [6, 6.07) is 24.8. The van der Waals surface area contributed by atoms with Crippen LogP contribution in [0.1, 0.15) is 19.4 Å². The zero-order chi connectivity index (χ0) is 21.3. The van der Waals surface area contributed by atoms with Crippen molar-refractivity contribution in [3.05, 3.63) is 84.4 Å². The van der Waals surface area contributed by atoms with Gasteiger partial charge in [0.1, 0.15) is 11.5 Å². The summed E-state index contributed by atoms with van der Waals surface area (Å²) >= 11 is 0. The summed E-state index contributed by atoms with van der Waals surface area (Å²) in [5, 5.41) is 3.01. The second-order valence-corrected chi connectivity index (χ2v) is 7.03. The van der Waals surface area contributed by atoms with Crippen molar-refractivity contribution in [2.45, 2.75) is 26.3 Å². The summed E-state index contributed by atoms with van der Waals surface area (Å²) in [6.07, 6.45) is 0.757. The molecule has 0 fully saturated rings. The van der Waals surface area contributed by atoms with Crippen molar-refractivity contribution >= 4 is 11.7 Å². The van der Waals surface area contributed by atoms with Crippen molar-refractivity contribution in [3.8, 4) is 17.2 Å². The number of amides is 2. The molecule has 2 amide bonds. The summed E-state index contributed by atoms with van der Waals surface area (Å²) in [7, 11) is 1.65. The number of nitrogens with one attached hydrogen (secondary N) is 1. The summed E-state index contributed by atoms with van der Waals surface area (Å²) < 4.78 is 11.2. The van der Waals surface area contributed by atoms with Crippen LogP contribution >= 0.6 is 0 Å². The van der Waals surface area contributed by atoms with E-state index in [0.717, 1.165) is 23.5 Å². The number of rotatable bonds is 8. The average Bonchev–Trinajstić information content (AvgIpc) is 2.77. The van der Waals surface area contributed by atoms with E-state index in [1.54, 1.807) is 7.11 Å². The minimum atomic E-state index is -0.150. The van der Waals surface area contributed by atoms with Gasteiger partial charge < -0.3 is 19.7 Å². The Morgan fingerprint density at radius 1 is 0.933 bits per heavy atom. The molecule has 0 heterocycles.